The van der Waals surface area contributed by atoms with Crippen molar-refractivity contribution in [3.05, 3.63) is 65.7 Å². The van der Waals surface area contributed by atoms with Crippen molar-refractivity contribution in [2.45, 2.75) is 17.0 Å². The Labute approximate surface area is 117 Å². The summed E-state index contributed by atoms with van der Waals surface area (Å²) in [6.45, 7) is 0.118. The first-order valence-electron chi connectivity index (χ1n) is 6.52. The molecule has 0 saturated heterocycles. The summed E-state index contributed by atoms with van der Waals surface area (Å²) in [5.74, 6) is 1.03. The number of thioether (sulfide) groups is 1. The van der Waals surface area contributed by atoms with Gasteiger partial charge in [0, 0.05) is 16.7 Å². The Balaban J connectivity index is 1.78. The van der Waals surface area contributed by atoms with Crippen LogP contribution in [-0.2, 0) is 0 Å². The molecular formula is C16H17NOS. The molecule has 1 aliphatic heterocycles. The quantitative estimate of drug-likeness (QED) is 0.896. The van der Waals surface area contributed by atoms with Gasteiger partial charge in [0.05, 0.1) is 12.6 Å². The lowest BCUT2D eigenvalue weighted by Gasteiger charge is -2.22. The second kappa shape index (κ2) is 5.78. The molecule has 2 aromatic rings. The molecule has 0 fully saturated rings. The largest absolute Gasteiger partial charge is 0.394 e. The highest BCUT2D eigenvalue weighted by Crippen LogP contribution is 2.38. The first-order chi connectivity index (χ1) is 9.38. The van der Waals surface area contributed by atoms with Gasteiger partial charge in [-0.15, -0.1) is 11.8 Å². The molecule has 0 radical (unpaired) electrons. The van der Waals surface area contributed by atoms with Crippen molar-refractivity contribution in [3.63, 3.8) is 0 Å². The van der Waals surface area contributed by atoms with E-state index in [-0.39, 0.29) is 12.6 Å². The number of benzene rings is 2. The van der Waals surface area contributed by atoms with Crippen molar-refractivity contribution in [3.8, 4) is 0 Å². The minimum absolute atomic E-state index is 0.00189. The van der Waals surface area contributed by atoms with Crippen LogP contribution in [0.2, 0.25) is 0 Å². The van der Waals surface area contributed by atoms with Crippen LogP contribution >= 0.6 is 11.8 Å². The summed E-state index contributed by atoms with van der Waals surface area (Å²) in [5, 5.41) is 13.2. The van der Waals surface area contributed by atoms with E-state index in [1.807, 2.05) is 30.0 Å². The van der Waals surface area contributed by atoms with E-state index >= 15 is 0 Å². The molecule has 0 aromatic heterocycles. The highest BCUT2D eigenvalue weighted by molar-refractivity contribution is 7.99. The maximum Gasteiger partial charge on any atom is 0.0626 e. The lowest BCUT2D eigenvalue weighted by Crippen LogP contribution is -2.28. The van der Waals surface area contributed by atoms with Crippen LogP contribution in [0.25, 0.3) is 0 Å². The number of rotatable bonds is 4. The zero-order valence-corrected chi connectivity index (χ0v) is 11.4. The molecule has 0 spiro atoms. The zero-order chi connectivity index (χ0) is 13.1. The Morgan fingerprint density at radius 2 is 1.84 bits per heavy atom. The lowest BCUT2D eigenvalue weighted by molar-refractivity contribution is 0.236. The predicted molar refractivity (Wildman–Crippen MR) is 79.3 cm³/mol. The van der Waals surface area contributed by atoms with E-state index in [4.69, 9.17) is 0 Å². The highest BCUT2D eigenvalue weighted by Gasteiger charge is 2.25. The topological polar surface area (TPSA) is 32.3 Å². The molecular weight excluding hydrogens is 254 g/mol. The normalized spacial score (nSPS) is 19.1. The molecule has 19 heavy (non-hydrogen) atoms. The van der Waals surface area contributed by atoms with Crippen LogP contribution in [0.15, 0.2) is 59.5 Å². The van der Waals surface area contributed by atoms with Crippen molar-refractivity contribution in [1.82, 2.24) is 5.32 Å². The van der Waals surface area contributed by atoms with Crippen LogP contribution in [0.4, 0.5) is 0 Å². The van der Waals surface area contributed by atoms with Gasteiger partial charge in [-0.25, -0.2) is 0 Å². The third kappa shape index (κ3) is 2.68. The van der Waals surface area contributed by atoms with Gasteiger partial charge in [0.15, 0.2) is 0 Å². The molecule has 98 valence electrons. The molecule has 3 heteroatoms. The monoisotopic (exact) mass is 271 g/mol. The summed E-state index contributed by atoms with van der Waals surface area (Å²) < 4.78 is 0. The van der Waals surface area contributed by atoms with Crippen LogP contribution in [0.5, 0.6) is 0 Å². The molecule has 0 bridgehead atoms. The van der Waals surface area contributed by atoms with Crippen molar-refractivity contribution >= 4 is 11.8 Å². The molecule has 2 aromatic carbocycles. The zero-order valence-electron chi connectivity index (χ0n) is 10.6. The number of nitrogens with one attached hydrogen (secondary N) is 1. The van der Waals surface area contributed by atoms with Gasteiger partial charge in [-0.05, 0) is 17.2 Å². The molecule has 1 aliphatic rings. The Morgan fingerprint density at radius 1 is 1.11 bits per heavy atom. The average Bonchev–Trinajstić information content (AvgIpc) is 2.89. The summed E-state index contributed by atoms with van der Waals surface area (Å²) >= 11 is 1.88. The molecule has 1 unspecified atom stereocenters. The number of aliphatic hydroxyl groups is 1. The minimum atomic E-state index is -0.00189. The van der Waals surface area contributed by atoms with Crippen LogP contribution in [0.1, 0.15) is 23.2 Å². The summed E-state index contributed by atoms with van der Waals surface area (Å²) in [7, 11) is 0. The van der Waals surface area contributed by atoms with E-state index in [0.29, 0.717) is 6.04 Å². The van der Waals surface area contributed by atoms with E-state index in [9.17, 15) is 5.11 Å². The maximum atomic E-state index is 9.62. The van der Waals surface area contributed by atoms with Crippen LogP contribution < -0.4 is 5.32 Å². The van der Waals surface area contributed by atoms with Gasteiger partial charge in [0.25, 0.3) is 0 Å². The number of fused-ring (bicyclic) bond motifs is 1. The van der Waals surface area contributed by atoms with Crippen molar-refractivity contribution in [2.75, 3.05) is 12.4 Å². The Bertz CT molecular complexity index is 543. The standard InChI is InChI=1S/C16H17NOS/c18-10-14(12-6-2-1-3-7-12)17-15-11-19-16-9-5-4-8-13(15)16/h1-9,14-15,17-18H,10-11H2/t14-,15?/m1/s1. The first kappa shape index (κ1) is 12.7. The fourth-order valence-electron chi connectivity index (χ4n) is 2.48. The maximum absolute atomic E-state index is 9.62. The molecule has 3 rings (SSSR count). The van der Waals surface area contributed by atoms with Crippen LogP contribution in [0, 0.1) is 0 Å². The van der Waals surface area contributed by atoms with Gasteiger partial charge in [-0.1, -0.05) is 48.5 Å². The van der Waals surface area contributed by atoms with Gasteiger partial charge in [-0.3, -0.25) is 0 Å². The predicted octanol–water partition coefficient (Wildman–Crippen LogP) is 3.16. The van der Waals surface area contributed by atoms with Gasteiger partial charge in [0.1, 0.15) is 0 Å². The minimum Gasteiger partial charge on any atom is -0.394 e. The van der Waals surface area contributed by atoms with Crippen molar-refractivity contribution < 1.29 is 5.11 Å². The number of hydrogen-bond donors (Lipinski definition) is 2. The fraction of sp³-hybridized carbons (Fsp3) is 0.250. The van der Waals surface area contributed by atoms with Gasteiger partial charge in [0.2, 0.25) is 0 Å². The summed E-state index contributed by atoms with van der Waals surface area (Å²) in [6.07, 6.45) is 0. The Morgan fingerprint density at radius 3 is 2.63 bits per heavy atom. The molecule has 0 amide bonds. The highest BCUT2D eigenvalue weighted by atomic mass is 32.2. The Hall–Kier alpha value is -1.29. The molecule has 2 atom stereocenters. The molecule has 2 nitrogen and oxygen atoms in total. The second-order valence-corrected chi connectivity index (χ2v) is 5.78. The smallest absolute Gasteiger partial charge is 0.0626 e. The average molecular weight is 271 g/mol. The second-order valence-electron chi connectivity index (χ2n) is 4.71. The molecule has 2 N–H and O–H groups in total. The summed E-state index contributed by atoms with van der Waals surface area (Å²) in [5.41, 5.74) is 2.49. The van der Waals surface area contributed by atoms with E-state index in [1.165, 1.54) is 10.5 Å². The van der Waals surface area contributed by atoms with Crippen molar-refractivity contribution in [1.29, 1.82) is 0 Å². The van der Waals surface area contributed by atoms with E-state index in [2.05, 4.69) is 41.7 Å². The van der Waals surface area contributed by atoms with E-state index < -0.39 is 0 Å². The lowest BCUT2D eigenvalue weighted by atomic mass is 10.0. The summed E-state index contributed by atoms with van der Waals surface area (Å²) in [4.78, 5) is 1.35. The fourth-order valence-corrected chi connectivity index (χ4v) is 3.66. The third-order valence-corrected chi connectivity index (χ3v) is 4.67. The summed E-state index contributed by atoms with van der Waals surface area (Å²) in [6, 6.07) is 18.9. The molecule has 0 aliphatic carbocycles. The number of aliphatic hydroxyl groups excluding tert-OH is 1. The van der Waals surface area contributed by atoms with Crippen molar-refractivity contribution in [2.24, 2.45) is 0 Å². The first-order valence-corrected chi connectivity index (χ1v) is 7.50. The molecule has 1 heterocycles. The van der Waals surface area contributed by atoms with Gasteiger partial charge in [-0.2, -0.15) is 0 Å². The van der Waals surface area contributed by atoms with E-state index in [1.54, 1.807) is 0 Å². The van der Waals surface area contributed by atoms with E-state index in [0.717, 1.165) is 11.3 Å². The molecule has 0 saturated carbocycles. The number of hydrogen-bond acceptors (Lipinski definition) is 3. The Kier molecular flexibility index (Phi) is 3.87. The third-order valence-electron chi connectivity index (χ3n) is 3.49. The van der Waals surface area contributed by atoms with Crippen LogP contribution in [0.3, 0.4) is 0 Å². The van der Waals surface area contributed by atoms with Gasteiger partial charge >= 0.3 is 0 Å². The van der Waals surface area contributed by atoms with Crippen LogP contribution in [-0.4, -0.2) is 17.5 Å². The SMILES string of the molecule is OC[C@@H](NC1CSc2ccccc21)c1ccccc1. The van der Waals surface area contributed by atoms with Gasteiger partial charge < -0.3 is 10.4 Å².